The van der Waals surface area contributed by atoms with Crippen molar-refractivity contribution >= 4 is 0 Å². The van der Waals surface area contributed by atoms with Crippen LogP contribution in [0.2, 0.25) is 0 Å². The van der Waals surface area contributed by atoms with E-state index in [2.05, 4.69) is 11.9 Å². The number of rotatable bonds is 8. The third-order valence-corrected chi connectivity index (χ3v) is 2.18. The second kappa shape index (κ2) is 7.74. The number of nitrogens with one attached hydrogen (secondary N) is 1. The monoisotopic (exact) mass is 223 g/mol. The minimum Gasteiger partial charge on any atom is -0.314 e. The van der Waals surface area contributed by atoms with Gasteiger partial charge in [0, 0.05) is 12.5 Å². The van der Waals surface area contributed by atoms with Crippen LogP contribution in [0, 0.1) is 0 Å². The van der Waals surface area contributed by atoms with Crippen molar-refractivity contribution in [3.63, 3.8) is 0 Å². The Kier molecular flexibility index (Phi) is 7.48. The third kappa shape index (κ3) is 9.79. The van der Waals surface area contributed by atoms with Gasteiger partial charge in [0.05, 0.1) is 0 Å². The quantitative estimate of drug-likeness (QED) is 0.619. The van der Waals surface area contributed by atoms with E-state index in [1.165, 1.54) is 0 Å². The molecule has 0 radical (unpaired) electrons. The lowest BCUT2D eigenvalue weighted by Crippen LogP contribution is -2.31. The van der Waals surface area contributed by atoms with E-state index in [0.717, 1.165) is 25.8 Å². The zero-order valence-electron chi connectivity index (χ0n) is 9.24. The average molecular weight is 223 g/mol. The molecule has 0 spiro atoms. The molecule has 0 heterocycles. The van der Waals surface area contributed by atoms with E-state index in [9.17, 15) is 13.2 Å². The fourth-order valence-corrected chi connectivity index (χ4v) is 1.35. The van der Waals surface area contributed by atoms with Crippen molar-refractivity contribution < 1.29 is 13.2 Å². The molecule has 1 unspecified atom stereocenters. The van der Waals surface area contributed by atoms with Gasteiger partial charge in [-0.3, -0.25) is 0 Å². The molecular formula is C11H20F3N. The summed E-state index contributed by atoms with van der Waals surface area (Å²) in [6.07, 6.45) is -0.396. The fraction of sp³-hybridized carbons (Fsp3) is 0.818. The maximum Gasteiger partial charge on any atom is 0.389 e. The lowest BCUT2D eigenvalue weighted by atomic mass is 10.1. The molecular weight excluding hydrogens is 203 g/mol. The summed E-state index contributed by atoms with van der Waals surface area (Å²) in [6.45, 7) is 6.35. The van der Waals surface area contributed by atoms with Gasteiger partial charge >= 0.3 is 6.18 Å². The Hall–Kier alpha value is -0.510. The van der Waals surface area contributed by atoms with Crippen molar-refractivity contribution in [3.8, 4) is 0 Å². The zero-order chi connectivity index (χ0) is 11.7. The van der Waals surface area contributed by atoms with Crippen LogP contribution in [0.4, 0.5) is 13.2 Å². The van der Waals surface area contributed by atoms with E-state index in [1.54, 1.807) is 6.08 Å². The molecule has 1 N–H and O–H groups in total. The minimum atomic E-state index is -4.04. The van der Waals surface area contributed by atoms with Crippen LogP contribution in [0.1, 0.15) is 39.0 Å². The summed E-state index contributed by atoms with van der Waals surface area (Å²) >= 11 is 0. The molecule has 0 rings (SSSR count). The Labute approximate surface area is 89.7 Å². The Bertz CT molecular complexity index is 166. The highest BCUT2D eigenvalue weighted by Crippen LogP contribution is 2.23. The third-order valence-electron chi connectivity index (χ3n) is 2.18. The second-order valence-electron chi connectivity index (χ2n) is 3.67. The number of halogens is 3. The van der Waals surface area contributed by atoms with Gasteiger partial charge < -0.3 is 5.32 Å². The predicted octanol–water partition coefficient (Wildman–Crippen LogP) is 3.66. The summed E-state index contributed by atoms with van der Waals surface area (Å²) in [5, 5.41) is 3.13. The standard InChI is InChI=1S/C11H20F3N/c1-3-5-6-10(15-9-4-2)7-8-11(12,13)14/h3,10,15H,1,4-9H2,2H3. The molecule has 0 saturated carbocycles. The van der Waals surface area contributed by atoms with Crippen LogP contribution in [0.3, 0.4) is 0 Å². The lowest BCUT2D eigenvalue weighted by molar-refractivity contribution is -0.136. The van der Waals surface area contributed by atoms with E-state index < -0.39 is 12.6 Å². The van der Waals surface area contributed by atoms with Crippen molar-refractivity contribution in [3.05, 3.63) is 12.7 Å². The molecule has 0 aliphatic rings. The summed E-state index contributed by atoms with van der Waals surface area (Å²) in [7, 11) is 0. The summed E-state index contributed by atoms with van der Waals surface area (Å²) in [5.41, 5.74) is 0. The smallest absolute Gasteiger partial charge is 0.314 e. The molecule has 0 aliphatic carbocycles. The molecule has 0 aromatic heterocycles. The highest BCUT2D eigenvalue weighted by atomic mass is 19.4. The normalized spacial score (nSPS) is 13.9. The van der Waals surface area contributed by atoms with Crippen molar-refractivity contribution in [1.29, 1.82) is 0 Å². The van der Waals surface area contributed by atoms with Crippen LogP contribution in [-0.4, -0.2) is 18.8 Å². The van der Waals surface area contributed by atoms with Gasteiger partial charge in [0.1, 0.15) is 0 Å². The van der Waals surface area contributed by atoms with Gasteiger partial charge in [0.25, 0.3) is 0 Å². The number of allylic oxidation sites excluding steroid dienone is 1. The molecule has 0 aliphatic heterocycles. The van der Waals surface area contributed by atoms with Crippen molar-refractivity contribution in [1.82, 2.24) is 5.32 Å². The van der Waals surface area contributed by atoms with Gasteiger partial charge in [0.15, 0.2) is 0 Å². The van der Waals surface area contributed by atoms with Gasteiger partial charge in [-0.25, -0.2) is 0 Å². The summed E-state index contributed by atoms with van der Waals surface area (Å²) in [5.74, 6) is 0. The minimum absolute atomic E-state index is 0.0374. The largest absolute Gasteiger partial charge is 0.389 e. The van der Waals surface area contributed by atoms with E-state index in [0.29, 0.717) is 0 Å². The van der Waals surface area contributed by atoms with Gasteiger partial charge in [-0.05, 0) is 32.2 Å². The van der Waals surface area contributed by atoms with Gasteiger partial charge in [-0.15, -0.1) is 6.58 Å². The Morgan fingerprint density at radius 2 is 2.00 bits per heavy atom. The molecule has 1 atom stereocenters. The molecule has 0 bridgehead atoms. The van der Waals surface area contributed by atoms with Gasteiger partial charge in [-0.2, -0.15) is 13.2 Å². The number of hydrogen-bond acceptors (Lipinski definition) is 1. The Balaban J connectivity index is 3.83. The van der Waals surface area contributed by atoms with Crippen LogP contribution >= 0.6 is 0 Å². The first kappa shape index (κ1) is 14.5. The van der Waals surface area contributed by atoms with Crippen LogP contribution in [-0.2, 0) is 0 Å². The molecule has 90 valence electrons. The van der Waals surface area contributed by atoms with Crippen LogP contribution in [0.25, 0.3) is 0 Å². The van der Waals surface area contributed by atoms with Crippen LogP contribution in [0.15, 0.2) is 12.7 Å². The predicted molar refractivity (Wildman–Crippen MR) is 56.8 cm³/mol. The molecule has 0 saturated heterocycles. The fourth-order valence-electron chi connectivity index (χ4n) is 1.35. The first-order valence-electron chi connectivity index (χ1n) is 5.40. The summed E-state index contributed by atoms with van der Waals surface area (Å²) < 4.78 is 36.0. The molecule has 15 heavy (non-hydrogen) atoms. The Morgan fingerprint density at radius 1 is 1.33 bits per heavy atom. The SMILES string of the molecule is C=CCCC(CCC(F)(F)F)NCCC. The highest BCUT2D eigenvalue weighted by molar-refractivity contribution is 4.74. The zero-order valence-corrected chi connectivity index (χ0v) is 9.24. The summed E-state index contributed by atoms with van der Waals surface area (Å²) in [4.78, 5) is 0. The molecule has 0 aromatic carbocycles. The molecule has 0 aromatic rings. The summed E-state index contributed by atoms with van der Waals surface area (Å²) in [6, 6.07) is -0.0374. The van der Waals surface area contributed by atoms with Gasteiger partial charge in [0.2, 0.25) is 0 Å². The maximum absolute atomic E-state index is 12.0. The van der Waals surface area contributed by atoms with E-state index in [1.807, 2.05) is 6.92 Å². The molecule has 0 fully saturated rings. The average Bonchev–Trinajstić information content (AvgIpc) is 2.15. The second-order valence-corrected chi connectivity index (χ2v) is 3.67. The highest BCUT2D eigenvalue weighted by Gasteiger charge is 2.27. The first-order valence-corrected chi connectivity index (χ1v) is 5.40. The molecule has 4 heteroatoms. The Morgan fingerprint density at radius 3 is 2.47 bits per heavy atom. The first-order chi connectivity index (χ1) is 6.99. The maximum atomic E-state index is 12.0. The van der Waals surface area contributed by atoms with Crippen LogP contribution in [0.5, 0.6) is 0 Å². The number of hydrogen-bond donors (Lipinski definition) is 1. The van der Waals surface area contributed by atoms with Crippen molar-refractivity contribution in [2.75, 3.05) is 6.54 Å². The molecule has 1 nitrogen and oxygen atoms in total. The van der Waals surface area contributed by atoms with E-state index >= 15 is 0 Å². The van der Waals surface area contributed by atoms with Crippen LogP contribution < -0.4 is 5.32 Å². The van der Waals surface area contributed by atoms with Gasteiger partial charge in [-0.1, -0.05) is 13.0 Å². The topological polar surface area (TPSA) is 12.0 Å². The number of alkyl halides is 3. The van der Waals surface area contributed by atoms with E-state index in [4.69, 9.17) is 0 Å². The van der Waals surface area contributed by atoms with Crippen molar-refractivity contribution in [2.45, 2.75) is 51.2 Å². The van der Waals surface area contributed by atoms with E-state index in [-0.39, 0.29) is 12.5 Å². The van der Waals surface area contributed by atoms with Crippen molar-refractivity contribution in [2.24, 2.45) is 0 Å². The lowest BCUT2D eigenvalue weighted by Gasteiger charge is -2.18. The molecule has 0 amide bonds.